The van der Waals surface area contributed by atoms with Gasteiger partial charge in [0.2, 0.25) is 17.7 Å². The molecule has 2 aromatic rings. The van der Waals surface area contributed by atoms with Crippen LogP contribution in [0.3, 0.4) is 0 Å². The van der Waals surface area contributed by atoms with Crippen LogP contribution < -0.4 is 10.6 Å². The van der Waals surface area contributed by atoms with Gasteiger partial charge in [-0.2, -0.15) is 10.5 Å². The fourth-order valence-electron chi connectivity index (χ4n) is 4.19. The van der Waals surface area contributed by atoms with E-state index in [9.17, 15) is 18.4 Å². The predicted octanol–water partition coefficient (Wildman–Crippen LogP) is 4.24. The largest absolute Gasteiger partial charge is 0.343 e. The first-order valence-electron chi connectivity index (χ1n) is 10.8. The molecule has 0 aromatic heterocycles. The van der Waals surface area contributed by atoms with Crippen LogP contribution in [0.4, 0.5) is 8.78 Å². The van der Waals surface area contributed by atoms with Crippen LogP contribution in [0.2, 0.25) is 0 Å². The zero-order valence-electron chi connectivity index (χ0n) is 18.4. The summed E-state index contributed by atoms with van der Waals surface area (Å²) < 4.78 is 28.4. The van der Waals surface area contributed by atoms with Crippen molar-refractivity contribution in [3.63, 3.8) is 0 Å². The van der Waals surface area contributed by atoms with E-state index in [0.29, 0.717) is 0 Å². The summed E-state index contributed by atoms with van der Waals surface area (Å²) in [5, 5.41) is 22.2. The Morgan fingerprint density at radius 1 is 1.03 bits per heavy atom. The first-order valence-corrected chi connectivity index (χ1v) is 11.8. The van der Waals surface area contributed by atoms with Crippen molar-refractivity contribution < 1.29 is 18.4 Å². The maximum absolute atomic E-state index is 14.2. The van der Waals surface area contributed by atoms with E-state index in [-0.39, 0.29) is 37.6 Å². The second kappa shape index (κ2) is 11.6. The molecule has 34 heavy (non-hydrogen) atoms. The van der Waals surface area contributed by atoms with Crippen LogP contribution in [0.15, 0.2) is 53.4 Å². The van der Waals surface area contributed by atoms with Gasteiger partial charge in [-0.15, -0.1) is 11.8 Å². The Hall–Kier alpha value is -3.43. The van der Waals surface area contributed by atoms with E-state index in [0.717, 1.165) is 21.6 Å². The molecule has 0 saturated heterocycles. The van der Waals surface area contributed by atoms with Crippen molar-refractivity contribution in [1.82, 2.24) is 10.6 Å². The Morgan fingerprint density at radius 2 is 1.71 bits per heavy atom. The van der Waals surface area contributed by atoms with Crippen molar-refractivity contribution in [2.24, 2.45) is 5.92 Å². The van der Waals surface area contributed by atoms with Gasteiger partial charge < -0.3 is 10.6 Å². The molecule has 9 heteroatoms. The Labute approximate surface area is 201 Å². The zero-order chi connectivity index (χ0) is 24.6. The summed E-state index contributed by atoms with van der Waals surface area (Å²) in [6, 6.07) is 18.7. The van der Waals surface area contributed by atoms with Crippen LogP contribution >= 0.6 is 11.8 Å². The number of halogens is 2. The molecule has 176 valence electrons. The van der Waals surface area contributed by atoms with Gasteiger partial charge in [-0.1, -0.05) is 36.4 Å². The molecule has 1 fully saturated rings. The highest BCUT2D eigenvalue weighted by atomic mass is 32.2. The van der Waals surface area contributed by atoms with Crippen molar-refractivity contribution in [2.75, 3.05) is 18.8 Å². The van der Waals surface area contributed by atoms with Gasteiger partial charge in [0.05, 0.1) is 23.8 Å². The van der Waals surface area contributed by atoms with Crippen LogP contribution in [-0.4, -0.2) is 36.6 Å². The highest BCUT2D eigenvalue weighted by Crippen LogP contribution is 2.47. The van der Waals surface area contributed by atoms with E-state index in [1.807, 2.05) is 60.7 Å². The predicted molar refractivity (Wildman–Crippen MR) is 125 cm³/mol. The third kappa shape index (κ3) is 6.55. The number of amides is 2. The van der Waals surface area contributed by atoms with Gasteiger partial charge in [-0.05, 0) is 41.2 Å². The van der Waals surface area contributed by atoms with Crippen molar-refractivity contribution in [1.29, 1.82) is 10.5 Å². The monoisotopic (exact) mass is 482 g/mol. The molecule has 1 aliphatic rings. The lowest BCUT2D eigenvalue weighted by molar-refractivity contribution is -0.133. The van der Waals surface area contributed by atoms with Crippen molar-refractivity contribution in [2.45, 2.75) is 36.0 Å². The maximum Gasteiger partial charge on any atom is 0.249 e. The molecule has 2 amide bonds. The van der Waals surface area contributed by atoms with Gasteiger partial charge in [-0.3, -0.25) is 9.59 Å². The normalized spacial score (nSPS) is 18.8. The summed E-state index contributed by atoms with van der Waals surface area (Å²) in [6.07, 6.45) is -0.676. The van der Waals surface area contributed by atoms with Gasteiger partial charge in [0, 0.05) is 17.7 Å². The van der Waals surface area contributed by atoms with E-state index in [2.05, 4.69) is 10.6 Å². The lowest BCUT2D eigenvalue weighted by Crippen LogP contribution is -2.41. The van der Waals surface area contributed by atoms with Gasteiger partial charge in [0.25, 0.3) is 0 Å². The average Bonchev–Trinajstić information content (AvgIpc) is 2.84. The maximum atomic E-state index is 14.2. The summed E-state index contributed by atoms with van der Waals surface area (Å²) in [5.41, 5.74) is 2.56. The number of nitrogens with zero attached hydrogens (tertiary/aromatic N) is 2. The Bertz CT molecular complexity index is 1110. The van der Waals surface area contributed by atoms with Crippen LogP contribution in [-0.2, 0) is 9.59 Å². The van der Waals surface area contributed by atoms with E-state index in [1.165, 1.54) is 11.8 Å². The Kier molecular flexibility index (Phi) is 8.61. The number of alkyl halides is 2. The van der Waals surface area contributed by atoms with Gasteiger partial charge in [0.15, 0.2) is 0 Å². The Balaban J connectivity index is 1.82. The molecule has 2 N–H and O–H groups in total. The standard InChI is InChI=1S/C25H24F2N4O2S/c26-25(27)10-9-21(22(15-25)24(33)31-14-12-29)20-4-2-1-3-19(20)17-5-7-18(8-6-17)34-16-23(32)30-13-11-28/h1-8,21-22H,9-10,13-16H2,(H,30,32)(H,31,33). The van der Waals surface area contributed by atoms with Gasteiger partial charge in [-0.25, -0.2) is 8.78 Å². The van der Waals surface area contributed by atoms with Gasteiger partial charge >= 0.3 is 0 Å². The molecule has 1 aliphatic carbocycles. The van der Waals surface area contributed by atoms with E-state index in [4.69, 9.17) is 10.5 Å². The molecule has 2 atom stereocenters. The van der Waals surface area contributed by atoms with E-state index >= 15 is 0 Å². The second-order valence-electron chi connectivity index (χ2n) is 8.02. The molecule has 0 spiro atoms. The number of carbonyl (C=O) groups is 2. The smallest absolute Gasteiger partial charge is 0.249 e. The molecule has 0 aliphatic heterocycles. The fourth-order valence-corrected chi connectivity index (χ4v) is 4.92. The molecule has 1 saturated carbocycles. The summed E-state index contributed by atoms with van der Waals surface area (Å²) >= 11 is 1.34. The number of benzene rings is 2. The number of carbonyl (C=O) groups excluding carboxylic acids is 2. The van der Waals surface area contributed by atoms with E-state index < -0.39 is 30.1 Å². The number of nitrogens with one attached hydrogen (secondary N) is 2. The third-order valence-electron chi connectivity index (χ3n) is 5.76. The molecule has 0 bridgehead atoms. The minimum absolute atomic E-state index is 0.0300. The topological polar surface area (TPSA) is 106 Å². The van der Waals surface area contributed by atoms with Crippen LogP contribution in [0, 0.1) is 28.6 Å². The van der Waals surface area contributed by atoms with E-state index in [1.54, 1.807) is 0 Å². The summed E-state index contributed by atoms with van der Waals surface area (Å²) in [7, 11) is 0. The number of hydrogen-bond acceptors (Lipinski definition) is 5. The molecule has 6 nitrogen and oxygen atoms in total. The zero-order valence-corrected chi connectivity index (χ0v) is 19.2. The average molecular weight is 483 g/mol. The highest BCUT2D eigenvalue weighted by molar-refractivity contribution is 8.00. The first kappa shape index (κ1) is 25.2. The molecule has 2 unspecified atom stereocenters. The molecular weight excluding hydrogens is 458 g/mol. The number of nitriles is 2. The van der Waals surface area contributed by atoms with Crippen molar-refractivity contribution >= 4 is 23.6 Å². The summed E-state index contributed by atoms with van der Waals surface area (Å²) in [6.45, 7) is -0.249. The van der Waals surface area contributed by atoms with Crippen molar-refractivity contribution in [3.8, 4) is 23.3 Å². The number of rotatable bonds is 8. The van der Waals surface area contributed by atoms with Crippen LogP contribution in [0.25, 0.3) is 11.1 Å². The SMILES string of the molecule is N#CCNC(=O)CSc1ccc(-c2ccccc2C2CCC(F)(F)CC2C(=O)NCC#N)cc1. The minimum atomic E-state index is -2.92. The summed E-state index contributed by atoms with van der Waals surface area (Å²) in [5.74, 6) is -4.81. The Morgan fingerprint density at radius 3 is 2.41 bits per heavy atom. The second-order valence-corrected chi connectivity index (χ2v) is 9.07. The first-order chi connectivity index (χ1) is 16.3. The highest BCUT2D eigenvalue weighted by Gasteiger charge is 2.45. The fraction of sp³-hybridized carbons (Fsp3) is 0.360. The quantitative estimate of drug-likeness (QED) is 0.432. The van der Waals surface area contributed by atoms with Crippen LogP contribution in [0.5, 0.6) is 0 Å². The lowest BCUT2D eigenvalue weighted by atomic mass is 9.72. The van der Waals surface area contributed by atoms with Gasteiger partial charge in [0.1, 0.15) is 13.1 Å². The molecular formula is C25H24F2N4O2S. The van der Waals surface area contributed by atoms with Crippen LogP contribution in [0.1, 0.15) is 30.7 Å². The van der Waals surface area contributed by atoms with Crippen molar-refractivity contribution in [3.05, 3.63) is 54.1 Å². The summed E-state index contributed by atoms with van der Waals surface area (Å²) in [4.78, 5) is 25.2. The lowest BCUT2D eigenvalue weighted by Gasteiger charge is -2.36. The molecule has 2 aromatic carbocycles. The number of thioether (sulfide) groups is 1. The molecule has 3 rings (SSSR count). The number of hydrogen-bond donors (Lipinski definition) is 2. The minimum Gasteiger partial charge on any atom is -0.343 e. The third-order valence-corrected chi connectivity index (χ3v) is 6.78. The molecule has 0 heterocycles. The molecule has 0 radical (unpaired) electrons.